The Kier molecular flexibility index (Phi) is 4.13. The van der Waals surface area contributed by atoms with Crippen LogP contribution < -0.4 is 0 Å². The second-order valence-corrected chi connectivity index (χ2v) is 6.91. The van der Waals surface area contributed by atoms with Crippen molar-refractivity contribution in [1.82, 2.24) is 10.2 Å². The molecule has 1 aromatic heterocycles. The third-order valence-electron chi connectivity index (χ3n) is 4.18. The second kappa shape index (κ2) is 5.98. The van der Waals surface area contributed by atoms with Gasteiger partial charge >= 0.3 is 5.97 Å². The Morgan fingerprint density at radius 3 is 2.92 bits per heavy atom. The lowest BCUT2D eigenvalue weighted by atomic mass is 9.76. The molecule has 0 bridgehead atoms. The smallest absolute Gasteiger partial charge is 0.334 e. The van der Waals surface area contributed by atoms with Crippen LogP contribution in [0.25, 0.3) is 17.3 Å². The summed E-state index contributed by atoms with van der Waals surface area (Å²) in [5, 5.41) is 18.1. The summed E-state index contributed by atoms with van der Waals surface area (Å²) in [6.45, 7) is 6.19. The minimum atomic E-state index is -0.321. The number of hydrogen-bond acceptors (Lipinski definition) is 4. The molecule has 6 heteroatoms. The van der Waals surface area contributed by atoms with Crippen molar-refractivity contribution in [3.05, 3.63) is 40.1 Å². The number of carbonyl (C=O) groups is 1. The van der Waals surface area contributed by atoms with Gasteiger partial charge in [-0.1, -0.05) is 25.4 Å². The predicted octanol–water partition coefficient (Wildman–Crippen LogP) is 4.06. The summed E-state index contributed by atoms with van der Waals surface area (Å²) in [5.41, 5.74) is 3.10. The number of aromatic hydroxyl groups is 1. The van der Waals surface area contributed by atoms with Gasteiger partial charge in [-0.25, -0.2) is 4.79 Å². The first-order chi connectivity index (χ1) is 11.3. The largest absolute Gasteiger partial charge is 0.507 e. The fourth-order valence-electron chi connectivity index (χ4n) is 3.05. The molecule has 0 atom stereocenters. The molecule has 24 heavy (non-hydrogen) atoms. The van der Waals surface area contributed by atoms with Crippen molar-refractivity contribution < 1.29 is 14.6 Å². The van der Waals surface area contributed by atoms with Crippen molar-refractivity contribution in [2.45, 2.75) is 32.6 Å². The van der Waals surface area contributed by atoms with Crippen LogP contribution in [0.15, 0.2) is 23.8 Å². The molecule has 2 N–H and O–H groups in total. The Morgan fingerprint density at radius 2 is 2.21 bits per heavy atom. The lowest BCUT2D eigenvalue weighted by molar-refractivity contribution is -0.138. The van der Waals surface area contributed by atoms with Crippen LogP contribution in [-0.4, -0.2) is 27.9 Å². The zero-order valence-electron chi connectivity index (χ0n) is 13.8. The molecule has 2 aromatic rings. The van der Waals surface area contributed by atoms with Crippen molar-refractivity contribution in [1.29, 1.82) is 0 Å². The number of esters is 1. The minimum Gasteiger partial charge on any atom is -0.507 e. The van der Waals surface area contributed by atoms with Gasteiger partial charge in [0.05, 0.1) is 6.61 Å². The minimum absolute atomic E-state index is 0.0863. The number of carbonyl (C=O) groups excluding carboxylic acids is 1. The van der Waals surface area contributed by atoms with Gasteiger partial charge in [-0.2, -0.15) is 5.10 Å². The number of halogens is 1. The summed E-state index contributed by atoms with van der Waals surface area (Å²) in [4.78, 5) is 12.2. The highest BCUT2D eigenvalue weighted by atomic mass is 35.5. The van der Waals surface area contributed by atoms with E-state index in [1.807, 2.05) is 13.8 Å². The maximum atomic E-state index is 12.2. The van der Waals surface area contributed by atoms with Crippen LogP contribution in [0.1, 0.15) is 38.4 Å². The van der Waals surface area contributed by atoms with Gasteiger partial charge in [0.2, 0.25) is 0 Å². The molecule has 0 saturated carbocycles. The van der Waals surface area contributed by atoms with Crippen LogP contribution >= 0.6 is 11.6 Å². The number of nitrogens with one attached hydrogen (secondary N) is 1. The number of H-pyrrole nitrogens is 1. The van der Waals surface area contributed by atoms with Crippen LogP contribution in [0.5, 0.6) is 5.75 Å². The fourth-order valence-corrected chi connectivity index (χ4v) is 3.23. The van der Waals surface area contributed by atoms with Gasteiger partial charge in [0.25, 0.3) is 0 Å². The molecule has 1 aromatic carbocycles. The lowest BCUT2D eigenvalue weighted by Gasteiger charge is -2.29. The van der Waals surface area contributed by atoms with Gasteiger partial charge in [0.1, 0.15) is 11.4 Å². The Hall–Kier alpha value is -2.27. The second-order valence-electron chi connectivity index (χ2n) is 6.47. The molecule has 0 spiro atoms. The molecule has 1 aliphatic carbocycles. The van der Waals surface area contributed by atoms with Crippen molar-refractivity contribution in [3.8, 4) is 17.0 Å². The highest BCUT2D eigenvalue weighted by Gasteiger charge is 2.35. The summed E-state index contributed by atoms with van der Waals surface area (Å²) in [6.07, 6.45) is 2.35. The molecule has 5 nitrogen and oxygen atoms in total. The van der Waals surface area contributed by atoms with Crippen LogP contribution in [0.3, 0.4) is 0 Å². The Labute approximate surface area is 145 Å². The van der Waals surface area contributed by atoms with Gasteiger partial charge in [0.15, 0.2) is 0 Å². The molecule has 0 radical (unpaired) electrons. The average Bonchev–Trinajstić information content (AvgIpc) is 2.94. The number of nitrogens with zero attached hydrogens (tertiary/aromatic N) is 1. The van der Waals surface area contributed by atoms with Crippen LogP contribution in [0, 0.1) is 0 Å². The number of ether oxygens (including phenoxy) is 1. The molecule has 126 valence electrons. The third kappa shape index (κ3) is 2.80. The van der Waals surface area contributed by atoms with Crippen LogP contribution in [0.2, 0.25) is 5.02 Å². The number of fused-ring (bicyclic) bond motifs is 1. The zero-order chi connectivity index (χ0) is 17.5. The van der Waals surface area contributed by atoms with E-state index in [2.05, 4.69) is 10.2 Å². The van der Waals surface area contributed by atoms with Crippen molar-refractivity contribution >= 4 is 23.6 Å². The number of phenolic OH excluding ortho intramolecular Hbond substituents is 1. The maximum absolute atomic E-state index is 12.2. The first kappa shape index (κ1) is 16.6. The Balaban J connectivity index is 2.17. The van der Waals surface area contributed by atoms with Crippen LogP contribution in [-0.2, 0) is 14.9 Å². The molecule has 1 heterocycles. The van der Waals surface area contributed by atoms with Gasteiger partial charge in [0, 0.05) is 32.8 Å². The van der Waals surface area contributed by atoms with E-state index in [0.717, 1.165) is 11.3 Å². The highest BCUT2D eigenvalue weighted by Crippen LogP contribution is 2.43. The molecule has 1 aliphatic rings. The molecular weight excluding hydrogens is 328 g/mol. The molecular formula is C18H19ClN2O3. The zero-order valence-corrected chi connectivity index (χ0v) is 14.6. The van der Waals surface area contributed by atoms with Crippen molar-refractivity contribution in [2.75, 3.05) is 6.61 Å². The van der Waals surface area contributed by atoms with Gasteiger partial charge in [-0.05, 0) is 37.6 Å². The normalized spacial score (nSPS) is 15.6. The number of aromatic nitrogens is 2. The topological polar surface area (TPSA) is 75.2 Å². The first-order valence-corrected chi connectivity index (χ1v) is 8.16. The van der Waals surface area contributed by atoms with E-state index < -0.39 is 0 Å². The summed E-state index contributed by atoms with van der Waals surface area (Å²) >= 11 is 6.05. The number of benzene rings is 1. The summed E-state index contributed by atoms with van der Waals surface area (Å²) in [5.74, 6) is -0.234. The molecule has 0 fully saturated rings. The SMILES string of the molecule is CCOC(=O)C1=Cc2c(-c3cc(Cl)ccc3O)n[nH]c2C(C)(C)C1. The van der Waals surface area contributed by atoms with E-state index in [9.17, 15) is 9.90 Å². The van der Waals surface area contributed by atoms with E-state index >= 15 is 0 Å². The third-order valence-corrected chi connectivity index (χ3v) is 4.42. The van der Waals surface area contributed by atoms with Crippen molar-refractivity contribution in [2.24, 2.45) is 0 Å². The molecule has 3 rings (SSSR count). The quantitative estimate of drug-likeness (QED) is 0.822. The summed E-state index contributed by atoms with van der Waals surface area (Å²) in [6, 6.07) is 4.80. The monoisotopic (exact) mass is 346 g/mol. The molecule has 0 saturated heterocycles. The fraction of sp³-hybridized carbons (Fsp3) is 0.333. The van der Waals surface area contributed by atoms with Gasteiger partial charge < -0.3 is 9.84 Å². The van der Waals surface area contributed by atoms with E-state index in [0.29, 0.717) is 34.9 Å². The first-order valence-electron chi connectivity index (χ1n) is 7.79. The van der Waals surface area contributed by atoms with Crippen molar-refractivity contribution in [3.63, 3.8) is 0 Å². The standard InChI is InChI=1S/C18H19ClN2O3/c1-4-24-17(23)10-7-13-15(12-8-11(19)5-6-14(12)22)20-21-16(13)18(2,3)9-10/h5-8,22H,4,9H2,1-3H3,(H,20,21). The maximum Gasteiger partial charge on any atom is 0.334 e. The van der Waals surface area contributed by atoms with Crippen LogP contribution in [0.4, 0.5) is 0 Å². The van der Waals surface area contributed by atoms with E-state index in [1.54, 1.807) is 25.1 Å². The number of hydrogen-bond donors (Lipinski definition) is 2. The summed E-state index contributed by atoms with van der Waals surface area (Å²) in [7, 11) is 0. The number of phenols is 1. The lowest BCUT2D eigenvalue weighted by Crippen LogP contribution is -2.26. The van der Waals surface area contributed by atoms with Gasteiger partial charge in [-0.15, -0.1) is 0 Å². The van der Waals surface area contributed by atoms with Gasteiger partial charge in [-0.3, -0.25) is 5.10 Å². The molecule has 0 unspecified atom stereocenters. The van der Waals surface area contributed by atoms with E-state index in [4.69, 9.17) is 16.3 Å². The molecule has 0 aliphatic heterocycles. The number of rotatable bonds is 3. The highest BCUT2D eigenvalue weighted by molar-refractivity contribution is 6.31. The Morgan fingerprint density at radius 1 is 1.46 bits per heavy atom. The molecule has 0 amide bonds. The number of aromatic amines is 1. The van der Waals surface area contributed by atoms with E-state index in [1.165, 1.54) is 6.07 Å². The average molecular weight is 347 g/mol. The predicted molar refractivity (Wildman–Crippen MR) is 93.0 cm³/mol. The summed E-state index contributed by atoms with van der Waals surface area (Å²) < 4.78 is 5.15. The Bertz CT molecular complexity index is 837. The van der Waals surface area contributed by atoms with E-state index in [-0.39, 0.29) is 17.1 Å².